The molecule has 1 aliphatic carbocycles. The van der Waals surface area contributed by atoms with Crippen LogP contribution in [0.2, 0.25) is 0 Å². The van der Waals surface area contributed by atoms with Crippen LogP contribution >= 0.6 is 0 Å². The van der Waals surface area contributed by atoms with E-state index < -0.39 is 6.67 Å². The van der Waals surface area contributed by atoms with Gasteiger partial charge < -0.3 is 15.0 Å². The quantitative estimate of drug-likeness (QED) is 0.387. The molecule has 8 heteroatoms. The van der Waals surface area contributed by atoms with Crippen LogP contribution in [-0.4, -0.2) is 55.6 Å². The Morgan fingerprint density at radius 1 is 1.18 bits per heavy atom. The summed E-state index contributed by atoms with van der Waals surface area (Å²) < 4.78 is 18.3. The number of rotatable bonds is 8. The number of benzene rings is 1. The third-order valence-corrected chi connectivity index (χ3v) is 6.61. The van der Waals surface area contributed by atoms with Crippen LogP contribution in [0.3, 0.4) is 0 Å². The number of allylic oxidation sites excluding steroid dienone is 2. The van der Waals surface area contributed by atoms with Gasteiger partial charge in [0.25, 0.3) is 0 Å². The highest BCUT2D eigenvalue weighted by Gasteiger charge is 2.24. The first-order valence-corrected chi connectivity index (χ1v) is 12.3. The maximum absolute atomic E-state index is 12.3. The number of piperidine rings is 1. The molecule has 1 fully saturated rings. The highest BCUT2D eigenvalue weighted by molar-refractivity contribution is 5.96. The van der Waals surface area contributed by atoms with Gasteiger partial charge in [0, 0.05) is 31.5 Å². The molecule has 3 N–H and O–H groups in total. The minimum absolute atomic E-state index is 0.00685. The van der Waals surface area contributed by atoms with Gasteiger partial charge in [0.05, 0.1) is 6.61 Å². The van der Waals surface area contributed by atoms with Gasteiger partial charge in [0.15, 0.2) is 0 Å². The molecule has 2 aliphatic rings. The molecule has 1 heterocycles. The monoisotopic (exact) mass is 472 g/mol. The lowest BCUT2D eigenvalue weighted by molar-refractivity contribution is -0.125. The number of hydrogen-bond acceptors (Lipinski definition) is 4. The summed E-state index contributed by atoms with van der Waals surface area (Å²) in [4.78, 5) is 26.0. The van der Waals surface area contributed by atoms with E-state index in [1.807, 2.05) is 26.0 Å². The van der Waals surface area contributed by atoms with Crippen molar-refractivity contribution in [3.8, 4) is 5.75 Å². The van der Waals surface area contributed by atoms with Gasteiger partial charge in [-0.05, 0) is 61.3 Å². The van der Waals surface area contributed by atoms with E-state index in [1.54, 1.807) is 4.90 Å². The Morgan fingerprint density at radius 2 is 1.88 bits per heavy atom. The normalized spacial score (nSPS) is 18.9. The number of nitrogens with zero attached hydrogens (tertiary/aromatic N) is 1. The predicted molar refractivity (Wildman–Crippen MR) is 132 cm³/mol. The number of carbonyl (C=O) groups excluding carboxylic acids is 2. The van der Waals surface area contributed by atoms with Gasteiger partial charge in [0.2, 0.25) is 5.91 Å². The number of halogens is 1. The van der Waals surface area contributed by atoms with Crippen molar-refractivity contribution in [3.63, 3.8) is 0 Å². The largest absolute Gasteiger partial charge is 0.493 e. The zero-order valence-corrected chi connectivity index (χ0v) is 20.2. The molecule has 0 spiro atoms. The van der Waals surface area contributed by atoms with Crippen molar-refractivity contribution in [3.05, 3.63) is 35.9 Å². The standard InChI is InChI=1S/C26H37FN4O3/c1-18(2)24(28)30-26(33)31-15-11-19(12-16-31)17-34-23-9-7-21(8-10-23)20-3-5-22(6-4-20)25(32)29-14-13-27/h3,7-10,18-19,22H,4-6,11-17H2,1-2H3,(H,29,32)(H2,28,30,33). The predicted octanol–water partition coefficient (Wildman–Crippen LogP) is 4.39. The Morgan fingerprint density at radius 3 is 2.47 bits per heavy atom. The summed E-state index contributed by atoms with van der Waals surface area (Å²) in [5, 5.41) is 13.1. The van der Waals surface area contributed by atoms with E-state index in [0.29, 0.717) is 32.0 Å². The molecule has 1 unspecified atom stereocenters. The van der Waals surface area contributed by atoms with Gasteiger partial charge in [-0.25, -0.2) is 9.18 Å². The van der Waals surface area contributed by atoms with Gasteiger partial charge in [-0.15, -0.1) is 0 Å². The zero-order valence-electron chi connectivity index (χ0n) is 20.2. The molecule has 0 bridgehead atoms. The van der Waals surface area contributed by atoms with Crippen LogP contribution in [0, 0.1) is 23.2 Å². The van der Waals surface area contributed by atoms with Crippen molar-refractivity contribution in [1.29, 1.82) is 5.41 Å². The molecule has 1 aromatic carbocycles. The van der Waals surface area contributed by atoms with Crippen molar-refractivity contribution in [2.75, 3.05) is 32.9 Å². The summed E-state index contributed by atoms with van der Waals surface area (Å²) in [5.74, 6) is 1.36. The average molecular weight is 473 g/mol. The number of likely N-dealkylation sites (tertiary alicyclic amines) is 1. The number of urea groups is 1. The van der Waals surface area contributed by atoms with Crippen molar-refractivity contribution in [2.45, 2.75) is 46.0 Å². The van der Waals surface area contributed by atoms with Crippen molar-refractivity contribution >= 4 is 23.3 Å². The lowest BCUT2D eigenvalue weighted by Gasteiger charge is -2.32. The van der Waals surface area contributed by atoms with E-state index in [0.717, 1.165) is 37.0 Å². The van der Waals surface area contributed by atoms with Crippen molar-refractivity contribution in [2.24, 2.45) is 17.8 Å². The molecule has 0 radical (unpaired) electrons. The number of hydrogen-bond donors (Lipinski definition) is 3. The lowest BCUT2D eigenvalue weighted by atomic mass is 9.86. The van der Waals surface area contributed by atoms with Crippen LogP contribution in [0.25, 0.3) is 5.57 Å². The van der Waals surface area contributed by atoms with Gasteiger partial charge in [0.1, 0.15) is 18.3 Å². The minimum atomic E-state index is -0.533. The Balaban J connectivity index is 1.40. The summed E-state index contributed by atoms with van der Waals surface area (Å²) in [6.07, 6.45) is 6.17. The van der Waals surface area contributed by atoms with Crippen LogP contribution in [0.4, 0.5) is 9.18 Å². The average Bonchev–Trinajstić information content (AvgIpc) is 2.86. The fourth-order valence-electron chi connectivity index (χ4n) is 4.27. The molecule has 1 aliphatic heterocycles. The molecule has 1 aromatic rings. The van der Waals surface area contributed by atoms with Crippen molar-refractivity contribution in [1.82, 2.24) is 15.5 Å². The second-order valence-electron chi connectivity index (χ2n) is 9.45. The third-order valence-electron chi connectivity index (χ3n) is 6.61. The smallest absolute Gasteiger partial charge is 0.322 e. The minimum Gasteiger partial charge on any atom is -0.493 e. The van der Waals surface area contributed by atoms with Gasteiger partial charge in [-0.2, -0.15) is 0 Å². The molecule has 3 rings (SSSR count). The molecule has 3 amide bonds. The molecular formula is C26H37FN4O3. The van der Waals surface area contributed by atoms with Crippen LogP contribution in [0.5, 0.6) is 5.75 Å². The van der Waals surface area contributed by atoms with E-state index in [-0.39, 0.29) is 36.2 Å². The number of carbonyl (C=O) groups is 2. The highest BCUT2D eigenvalue weighted by Crippen LogP contribution is 2.31. The number of alkyl halides is 1. The summed E-state index contributed by atoms with van der Waals surface area (Å²) in [5.41, 5.74) is 2.37. The van der Waals surface area contributed by atoms with Crippen LogP contribution in [0.1, 0.15) is 51.5 Å². The fraction of sp³-hybridized carbons (Fsp3) is 0.577. The van der Waals surface area contributed by atoms with E-state index in [1.165, 1.54) is 5.57 Å². The maximum Gasteiger partial charge on any atom is 0.322 e. The molecular weight excluding hydrogens is 435 g/mol. The first kappa shape index (κ1) is 25.7. The SMILES string of the molecule is CC(C)C(=N)NC(=O)N1CCC(COc2ccc(C3=CCC(C(=O)NCCF)CC3)cc2)CC1. The molecule has 0 aromatic heterocycles. The van der Waals surface area contributed by atoms with Gasteiger partial charge in [-0.3, -0.25) is 15.5 Å². The first-order valence-electron chi connectivity index (χ1n) is 12.3. The molecule has 186 valence electrons. The van der Waals surface area contributed by atoms with E-state index in [2.05, 4.69) is 28.8 Å². The Kier molecular flexibility index (Phi) is 9.48. The topological polar surface area (TPSA) is 94.5 Å². The molecule has 0 saturated carbocycles. The number of ether oxygens (including phenoxy) is 1. The van der Waals surface area contributed by atoms with Gasteiger partial charge >= 0.3 is 6.03 Å². The van der Waals surface area contributed by atoms with Crippen molar-refractivity contribution < 1.29 is 18.7 Å². The maximum atomic E-state index is 12.3. The van der Waals surface area contributed by atoms with E-state index in [9.17, 15) is 14.0 Å². The van der Waals surface area contributed by atoms with Crippen LogP contribution < -0.4 is 15.4 Å². The molecule has 7 nitrogen and oxygen atoms in total. The third kappa shape index (κ3) is 7.30. The van der Waals surface area contributed by atoms with E-state index >= 15 is 0 Å². The van der Waals surface area contributed by atoms with Crippen LogP contribution in [-0.2, 0) is 4.79 Å². The lowest BCUT2D eigenvalue weighted by Crippen LogP contribution is -2.47. The number of amidine groups is 1. The highest BCUT2D eigenvalue weighted by atomic mass is 19.1. The zero-order chi connectivity index (χ0) is 24.5. The van der Waals surface area contributed by atoms with E-state index in [4.69, 9.17) is 10.1 Å². The number of amides is 3. The summed E-state index contributed by atoms with van der Waals surface area (Å²) >= 11 is 0. The van der Waals surface area contributed by atoms with Crippen LogP contribution in [0.15, 0.2) is 30.3 Å². The fourth-order valence-corrected chi connectivity index (χ4v) is 4.27. The Labute approximate surface area is 201 Å². The summed E-state index contributed by atoms with van der Waals surface area (Å²) in [7, 11) is 0. The molecule has 1 saturated heterocycles. The second-order valence-corrected chi connectivity index (χ2v) is 9.45. The molecule has 1 atom stereocenters. The van der Waals surface area contributed by atoms with Gasteiger partial charge in [-0.1, -0.05) is 32.1 Å². The summed E-state index contributed by atoms with van der Waals surface area (Å²) in [6.45, 7) is 5.30. The first-order chi connectivity index (χ1) is 16.4. The Hall–Kier alpha value is -2.90. The molecule has 34 heavy (non-hydrogen) atoms. The summed E-state index contributed by atoms with van der Waals surface area (Å²) in [6, 6.07) is 7.90. The number of nitrogens with one attached hydrogen (secondary N) is 3. The Bertz CT molecular complexity index is 877. The second kappa shape index (κ2) is 12.5.